The van der Waals surface area contributed by atoms with Crippen molar-refractivity contribution in [2.45, 2.75) is 18.6 Å². The molecule has 1 rings (SSSR count). The summed E-state index contributed by atoms with van der Waals surface area (Å²) in [5, 5.41) is 0. The van der Waals surface area contributed by atoms with E-state index in [1.54, 1.807) is 0 Å². The van der Waals surface area contributed by atoms with E-state index >= 15 is 0 Å². The molecule has 0 amide bonds. The van der Waals surface area contributed by atoms with Crippen LogP contribution in [-0.4, -0.2) is 24.8 Å². The average Bonchev–Trinajstić information content (AvgIpc) is 2.47. The fraction of sp³-hybridized carbons (Fsp3) is 1.00. The highest BCUT2D eigenvalue weighted by atomic mass is 35.5. The lowest BCUT2D eigenvalue weighted by Gasteiger charge is -1.72. The molecule has 4 heteroatoms. The van der Waals surface area contributed by atoms with Crippen LogP contribution in [0.25, 0.3) is 0 Å². The smallest absolute Gasteiger partial charge is 0.157 e. The monoisotopic (exact) mass is 152 g/mol. The van der Waals surface area contributed by atoms with Gasteiger partial charge in [-0.1, -0.05) is 11.6 Å². The Bertz CT molecular complexity index is 64.0. The number of epoxide rings is 1. The summed E-state index contributed by atoms with van der Waals surface area (Å²) in [7, 11) is 0. The van der Waals surface area contributed by atoms with E-state index < -0.39 is 0 Å². The molecule has 1 saturated heterocycles. The number of halogens is 1. The van der Waals surface area contributed by atoms with Crippen LogP contribution in [-0.2, 0) is 4.74 Å². The second-order valence-corrected chi connectivity index (χ2v) is 2.20. The summed E-state index contributed by atoms with van der Waals surface area (Å²) >= 11 is 5.31. The van der Waals surface area contributed by atoms with Crippen molar-refractivity contribution in [3.63, 3.8) is 0 Å². The summed E-state index contributed by atoms with van der Waals surface area (Å²) in [5.41, 5.74) is 9.83. The van der Waals surface area contributed by atoms with Gasteiger partial charge in [0, 0.05) is 13.1 Å². The highest BCUT2D eigenvalue weighted by Crippen LogP contribution is 2.23. The van der Waals surface area contributed by atoms with E-state index in [0.29, 0.717) is 19.2 Å². The maximum Gasteiger partial charge on any atom is 0.157 e. The molecule has 4 N–H and O–H groups in total. The maximum atomic E-state index is 5.31. The van der Waals surface area contributed by atoms with Crippen LogP contribution in [0, 0.1) is 0 Å². The number of nitrogens with two attached hydrogens (primary N) is 2. The molecule has 0 aromatic carbocycles. The fourth-order valence-corrected chi connectivity index (χ4v) is 0.322. The van der Waals surface area contributed by atoms with Gasteiger partial charge in [0.1, 0.15) is 0 Å². The first-order valence-electron chi connectivity index (χ1n) is 2.92. The molecular weight excluding hydrogens is 140 g/mol. The van der Waals surface area contributed by atoms with Crippen molar-refractivity contribution in [3.8, 4) is 0 Å². The largest absolute Gasteiger partial charge is 0.353 e. The van der Waals surface area contributed by atoms with Crippen molar-refractivity contribution in [1.29, 1.82) is 0 Å². The van der Waals surface area contributed by atoms with Gasteiger partial charge in [0.2, 0.25) is 0 Å². The minimum absolute atomic E-state index is 0.0231. The van der Waals surface area contributed by atoms with Gasteiger partial charge in [0.05, 0.1) is 6.10 Å². The van der Waals surface area contributed by atoms with E-state index in [2.05, 4.69) is 4.74 Å². The number of rotatable bonds is 1. The number of ether oxygens (including phenoxy) is 1. The number of hydrogen-bond acceptors (Lipinski definition) is 3. The Morgan fingerprint density at radius 1 is 1.44 bits per heavy atom. The summed E-state index contributed by atoms with van der Waals surface area (Å²) in [6.45, 7) is 3.14. The van der Waals surface area contributed by atoms with Crippen molar-refractivity contribution in [3.05, 3.63) is 0 Å². The van der Waals surface area contributed by atoms with Gasteiger partial charge in [-0.05, 0) is 6.92 Å². The summed E-state index contributed by atoms with van der Waals surface area (Å²) in [6.07, 6.45) is 0.316. The van der Waals surface area contributed by atoms with Gasteiger partial charge in [-0.25, -0.2) is 0 Å². The van der Waals surface area contributed by atoms with E-state index in [4.69, 9.17) is 23.1 Å². The normalized spacial score (nSPS) is 30.7. The molecular formula is C5H13ClN2O. The molecule has 0 spiro atoms. The van der Waals surface area contributed by atoms with E-state index in [1.165, 1.54) is 0 Å². The van der Waals surface area contributed by atoms with Gasteiger partial charge in [0.25, 0.3) is 0 Å². The molecule has 1 heterocycles. The second-order valence-electron chi connectivity index (χ2n) is 1.77. The molecule has 3 nitrogen and oxygen atoms in total. The zero-order valence-corrected chi connectivity index (χ0v) is 6.27. The standard InChI is InChI=1S/C3H5ClO.C2H8N2/c1-2-3(4)5-2;3-1-2-4/h2-3H,1H3;1-4H2. The van der Waals surface area contributed by atoms with Crippen molar-refractivity contribution in [2.75, 3.05) is 13.1 Å². The Morgan fingerprint density at radius 2 is 1.67 bits per heavy atom. The van der Waals surface area contributed by atoms with Crippen LogP contribution in [0.4, 0.5) is 0 Å². The van der Waals surface area contributed by atoms with Crippen molar-refractivity contribution < 1.29 is 4.74 Å². The van der Waals surface area contributed by atoms with Crippen LogP contribution in [0.15, 0.2) is 0 Å². The lowest BCUT2D eigenvalue weighted by Crippen LogP contribution is -2.11. The average molecular weight is 153 g/mol. The SMILES string of the molecule is CC1OC1Cl.NCCN. The summed E-state index contributed by atoms with van der Waals surface area (Å²) < 4.78 is 4.68. The van der Waals surface area contributed by atoms with Crippen LogP contribution in [0.2, 0.25) is 0 Å². The van der Waals surface area contributed by atoms with Crippen molar-refractivity contribution >= 4 is 11.6 Å². The molecule has 0 aliphatic carbocycles. The molecule has 9 heavy (non-hydrogen) atoms. The predicted molar refractivity (Wildman–Crippen MR) is 38.3 cm³/mol. The van der Waals surface area contributed by atoms with Gasteiger partial charge in [0.15, 0.2) is 5.56 Å². The minimum Gasteiger partial charge on any atom is -0.353 e. The van der Waals surface area contributed by atoms with Crippen LogP contribution < -0.4 is 11.5 Å². The first-order valence-corrected chi connectivity index (χ1v) is 3.35. The van der Waals surface area contributed by atoms with Gasteiger partial charge >= 0.3 is 0 Å². The minimum atomic E-state index is 0.0231. The fourth-order valence-electron chi connectivity index (χ4n) is 0.160. The molecule has 56 valence electrons. The van der Waals surface area contributed by atoms with Crippen LogP contribution in [0.5, 0.6) is 0 Å². The van der Waals surface area contributed by atoms with Gasteiger partial charge < -0.3 is 16.2 Å². The topological polar surface area (TPSA) is 64.6 Å². The third kappa shape index (κ3) is 6.05. The zero-order valence-electron chi connectivity index (χ0n) is 5.51. The van der Waals surface area contributed by atoms with Crippen molar-refractivity contribution in [2.24, 2.45) is 11.5 Å². The third-order valence-electron chi connectivity index (χ3n) is 0.804. The zero-order chi connectivity index (χ0) is 7.28. The van der Waals surface area contributed by atoms with E-state index in [0.717, 1.165) is 0 Å². The number of hydrogen-bond donors (Lipinski definition) is 2. The molecule has 0 bridgehead atoms. The van der Waals surface area contributed by atoms with Gasteiger partial charge in [-0.2, -0.15) is 0 Å². The molecule has 0 aromatic rings. The summed E-state index contributed by atoms with van der Waals surface area (Å²) in [5.74, 6) is 0. The van der Waals surface area contributed by atoms with E-state index in [-0.39, 0.29) is 5.56 Å². The predicted octanol–water partition coefficient (Wildman–Crippen LogP) is -0.126. The van der Waals surface area contributed by atoms with Gasteiger partial charge in [-0.15, -0.1) is 0 Å². The third-order valence-corrected chi connectivity index (χ3v) is 1.26. The molecule has 0 aromatic heterocycles. The summed E-state index contributed by atoms with van der Waals surface area (Å²) in [4.78, 5) is 0. The summed E-state index contributed by atoms with van der Waals surface area (Å²) in [6, 6.07) is 0. The van der Waals surface area contributed by atoms with E-state index in [9.17, 15) is 0 Å². The van der Waals surface area contributed by atoms with Crippen LogP contribution in [0.1, 0.15) is 6.92 Å². The molecule has 1 fully saturated rings. The molecule has 1 aliphatic rings. The molecule has 1 aliphatic heterocycles. The Morgan fingerprint density at radius 3 is 1.67 bits per heavy atom. The van der Waals surface area contributed by atoms with E-state index in [1.807, 2.05) is 6.92 Å². The first-order chi connectivity index (χ1) is 4.22. The van der Waals surface area contributed by atoms with Gasteiger partial charge in [-0.3, -0.25) is 0 Å². The Labute approximate surface area is 60.3 Å². The molecule has 2 unspecified atom stereocenters. The lowest BCUT2D eigenvalue weighted by atomic mass is 10.6. The van der Waals surface area contributed by atoms with Crippen LogP contribution in [0.3, 0.4) is 0 Å². The Balaban J connectivity index is 0.000000148. The lowest BCUT2D eigenvalue weighted by molar-refractivity contribution is 0.411. The van der Waals surface area contributed by atoms with Crippen molar-refractivity contribution in [1.82, 2.24) is 0 Å². The molecule has 0 radical (unpaired) electrons. The Hall–Kier alpha value is 0.170. The number of alkyl halides is 1. The maximum absolute atomic E-state index is 5.31. The highest BCUT2D eigenvalue weighted by molar-refractivity contribution is 6.21. The molecule has 2 atom stereocenters. The van der Waals surface area contributed by atoms with Crippen LogP contribution >= 0.6 is 11.6 Å². The molecule has 0 saturated carbocycles. The second kappa shape index (κ2) is 4.99. The highest BCUT2D eigenvalue weighted by Gasteiger charge is 2.30. The quantitative estimate of drug-likeness (QED) is 0.407. The Kier molecular flexibility index (Phi) is 5.09. The first kappa shape index (κ1) is 9.17.